The smallest absolute Gasteiger partial charge is 0.386 e. The summed E-state index contributed by atoms with van der Waals surface area (Å²) in [4.78, 5) is 43.0. The van der Waals surface area contributed by atoms with E-state index in [0.29, 0.717) is 0 Å². The van der Waals surface area contributed by atoms with Crippen LogP contribution in [0.4, 0.5) is 10.2 Å². The molecule has 5 atom stereocenters. The molecule has 1 unspecified atom stereocenters. The van der Waals surface area contributed by atoms with E-state index >= 15 is 4.39 Å². The van der Waals surface area contributed by atoms with Gasteiger partial charge in [-0.2, -0.15) is 4.98 Å². The summed E-state index contributed by atoms with van der Waals surface area (Å²) in [5.41, 5.74) is 7.83. The second kappa shape index (κ2) is 13.8. The Morgan fingerprint density at radius 3 is 2.16 bits per heavy atom. The summed E-state index contributed by atoms with van der Waals surface area (Å²) in [6.45, 7) is 8.60. The summed E-state index contributed by atoms with van der Waals surface area (Å²) in [7, 11) is -4.46. The number of nitrogen functional groups attached to an aromatic ring is 1. The summed E-state index contributed by atoms with van der Waals surface area (Å²) in [6, 6.07) is 0.0269. The van der Waals surface area contributed by atoms with Crippen molar-refractivity contribution in [1.29, 1.82) is 0 Å². The largest absolute Gasteiger partial charge is 0.474 e. The molecule has 1 saturated heterocycles. The number of phosphoric ester groups is 1. The van der Waals surface area contributed by atoms with Gasteiger partial charge in [0.2, 0.25) is 0 Å². The Balaban J connectivity index is 1.74. The number of rotatable bonds is 14. The molecule has 0 bridgehead atoms. The van der Waals surface area contributed by atoms with Crippen molar-refractivity contribution in [2.24, 2.45) is 15.9 Å². The van der Waals surface area contributed by atoms with E-state index in [-0.39, 0.29) is 40.8 Å². The van der Waals surface area contributed by atoms with Gasteiger partial charge in [-0.3, -0.25) is 27.7 Å². The molecule has 3 rings (SSSR count). The van der Waals surface area contributed by atoms with Gasteiger partial charge < -0.3 is 15.6 Å². The molecule has 15 nitrogen and oxygen atoms in total. The average molecular weight is 681 g/mol. The molecule has 3 N–H and O–H groups in total. The highest BCUT2D eigenvalue weighted by Crippen LogP contribution is 2.64. The number of halogens is 1. The van der Waals surface area contributed by atoms with E-state index in [9.17, 15) is 24.1 Å². The highest BCUT2D eigenvalue weighted by Gasteiger charge is 2.83. The van der Waals surface area contributed by atoms with E-state index in [1.165, 1.54) is 12.3 Å². The molecule has 0 spiro atoms. The Kier molecular flexibility index (Phi) is 11.4. The van der Waals surface area contributed by atoms with Crippen molar-refractivity contribution in [2.45, 2.75) is 71.1 Å². The number of ether oxygens (including phenoxy) is 1. The number of alkyl halides is 1. The SMILES string of the molecule is CC(C)(C)C(=O)SCCOP(=O)(OCCSC(=O)C(C)(C)C)OC[C@@]1(CN=[N+]=[N-])O[C@H]2C(n3ccc(N)nc3=O)[C@]2(F)[C@@H]1O. The van der Waals surface area contributed by atoms with E-state index in [4.69, 9.17) is 29.6 Å². The molecule has 0 aromatic carbocycles. The number of azide groups is 1. The zero-order chi connectivity index (χ0) is 33.1. The molecular formula is C25H38FN6O9PS2. The second-order valence-electron chi connectivity index (χ2n) is 12.4. The molecule has 246 valence electrons. The summed E-state index contributed by atoms with van der Waals surface area (Å²) in [6.07, 6.45) is -2.15. The van der Waals surface area contributed by atoms with Crippen LogP contribution in [0.2, 0.25) is 0 Å². The van der Waals surface area contributed by atoms with E-state index in [1.54, 1.807) is 41.5 Å². The fourth-order valence-electron chi connectivity index (χ4n) is 4.25. The Morgan fingerprint density at radius 1 is 1.18 bits per heavy atom. The number of aliphatic hydroxyl groups excluding tert-OH is 1. The molecule has 2 heterocycles. The molecule has 1 aromatic heterocycles. The fourth-order valence-corrected chi connectivity index (χ4v) is 7.30. The Hall–Kier alpha value is -2.01. The second-order valence-corrected chi connectivity index (χ2v) is 16.2. The number of carbonyl (C=O) groups excluding carboxylic acids is 2. The van der Waals surface area contributed by atoms with Gasteiger partial charge in [-0.15, -0.1) is 0 Å². The van der Waals surface area contributed by atoms with Crippen molar-refractivity contribution in [3.63, 3.8) is 0 Å². The zero-order valence-corrected chi connectivity index (χ0v) is 27.8. The fraction of sp³-hybridized carbons (Fsp3) is 0.760. The van der Waals surface area contributed by atoms with E-state index in [2.05, 4.69) is 15.0 Å². The van der Waals surface area contributed by atoms with E-state index in [0.717, 1.165) is 28.1 Å². The lowest BCUT2D eigenvalue weighted by Gasteiger charge is -2.35. The van der Waals surface area contributed by atoms with Crippen LogP contribution in [0.5, 0.6) is 0 Å². The van der Waals surface area contributed by atoms with Gasteiger partial charge in [-0.05, 0) is 11.6 Å². The Morgan fingerprint density at radius 2 is 1.73 bits per heavy atom. The van der Waals surface area contributed by atoms with Gasteiger partial charge in [0.1, 0.15) is 29.7 Å². The number of hydrogen-bond acceptors (Lipinski definition) is 14. The van der Waals surface area contributed by atoms with Crippen LogP contribution < -0.4 is 11.4 Å². The van der Waals surface area contributed by atoms with Crippen molar-refractivity contribution in [2.75, 3.05) is 43.6 Å². The number of aromatic nitrogens is 2. The normalized spacial score (nSPS) is 26.6. The standard InChI is InChI=1S/C25H38FN6O9PS2/c1-22(2,3)19(34)43-11-9-38-42(37,39-10-12-44-20(35)23(4,5)6)40-14-24(13-29-31-28)18(33)25(26)16(17(25)41-24)32-8-7-15(27)30-21(32)36/h7-8,16-18,33H,9-14H2,1-6H3,(H2,27,30,36)/t16?,17-,18+,24+,25+/m0/s1. The van der Waals surface area contributed by atoms with Gasteiger partial charge in [0.05, 0.1) is 26.4 Å². The minimum absolute atomic E-state index is 0.0735. The lowest BCUT2D eigenvalue weighted by molar-refractivity contribution is -0.124. The van der Waals surface area contributed by atoms with Crippen LogP contribution in [0.1, 0.15) is 47.6 Å². The maximum absolute atomic E-state index is 16.1. The Labute approximate surface area is 262 Å². The minimum atomic E-state index is -4.46. The quantitative estimate of drug-likeness (QED) is 0.0943. The molecule has 0 radical (unpaired) electrons. The molecule has 44 heavy (non-hydrogen) atoms. The van der Waals surface area contributed by atoms with Crippen LogP contribution in [0.15, 0.2) is 22.2 Å². The van der Waals surface area contributed by atoms with Crippen molar-refractivity contribution in [1.82, 2.24) is 9.55 Å². The predicted octanol–water partition coefficient (Wildman–Crippen LogP) is 3.67. The lowest BCUT2D eigenvalue weighted by Crippen LogP contribution is -2.53. The number of phosphoric acid groups is 1. The highest BCUT2D eigenvalue weighted by molar-refractivity contribution is 8.14. The molecule has 1 aliphatic heterocycles. The van der Waals surface area contributed by atoms with Crippen LogP contribution in [0.25, 0.3) is 10.4 Å². The number of nitrogens with zero attached hydrogens (tertiary/aromatic N) is 5. The molecular weight excluding hydrogens is 642 g/mol. The predicted molar refractivity (Wildman–Crippen MR) is 163 cm³/mol. The Bertz CT molecular complexity index is 1360. The summed E-state index contributed by atoms with van der Waals surface area (Å²) >= 11 is 1.93. The van der Waals surface area contributed by atoms with Crippen LogP contribution in [-0.4, -0.2) is 86.2 Å². The first-order valence-electron chi connectivity index (χ1n) is 13.6. The number of hydrogen-bond donors (Lipinski definition) is 2. The third-order valence-electron chi connectivity index (χ3n) is 6.72. The number of fused-ring (bicyclic) bond motifs is 1. The number of nitrogens with two attached hydrogens (primary N) is 1. The summed E-state index contributed by atoms with van der Waals surface area (Å²) in [5.74, 6) is 0.138. The van der Waals surface area contributed by atoms with Crippen LogP contribution in [-0.2, 0) is 32.5 Å². The first-order valence-corrected chi connectivity index (χ1v) is 17.0. The maximum Gasteiger partial charge on any atom is 0.474 e. The third-order valence-corrected chi connectivity index (χ3v) is 10.7. The van der Waals surface area contributed by atoms with Gasteiger partial charge in [0.15, 0.2) is 15.9 Å². The van der Waals surface area contributed by atoms with Gasteiger partial charge in [0.25, 0.3) is 0 Å². The molecule has 19 heteroatoms. The van der Waals surface area contributed by atoms with Crippen molar-refractivity contribution < 1.29 is 42.0 Å². The number of aliphatic hydroxyl groups is 1. The molecule has 2 fully saturated rings. The van der Waals surface area contributed by atoms with Gasteiger partial charge in [-0.1, -0.05) is 70.2 Å². The minimum Gasteiger partial charge on any atom is -0.386 e. The zero-order valence-electron chi connectivity index (χ0n) is 25.3. The molecule has 1 aromatic rings. The van der Waals surface area contributed by atoms with Crippen molar-refractivity contribution >= 4 is 47.4 Å². The van der Waals surface area contributed by atoms with Crippen molar-refractivity contribution in [3.05, 3.63) is 33.2 Å². The average Bonchev–Trinajstić information content (AvgIpc) is 3.43. The number of anilines is 1. The molecule has 2 aliphatic rings. The first kappa shape index (κ1) is 36.5. The van der Waals surface area contributed by atoms with Crippen LogP contribution >= 0.6 is 31.3 Å². The summed E-state index contributed by atoms with van der Waals surface area (Å²) < 4.78 is 52.9. The molecule has 1 saturated carbocycles. The van der Waals surface area contributed by atoms with E-state index in [1.807, 2.05) is 0 Å². The third kappa shape index (κ3) is 8.22. The molecule has 0 amide bonds. The van der Waals surface area contributed by atoms with Gasteiger partial charge >= 0.3 is 13.5 Å². The highest BCUT2D eigenvalue weighted by atomic mass is 32.2. The first-order chi connectivity index (χ1) is 20.3. The maximum atomic E-state index is 16.1. The lowest BCUT2D eigenvalue weighted by atomic mass is 9.93. The molecule has 1 aliphatic carbocycles. The van der Waals surface area contributed by atoms with Gasteiger partial charge in [0, 0.05) is 33.4 Å². The monoisotopic (exact) mass is 680 g/mol. The van der Waals surface area contributed by atoms with E-state index < -0.39 is 67.0 Å². The topological polar surface area (TPSA) is 218 Å². The van der Waals surface area contributed by atoms with Crippen LogP contribution in [0.3, 0.4) is 0 Å². The number of carbonyl (C=O) groups is 2. The van der Waals surface area contributed by atoms with Gasteiger partial charge in [-0.25, -0.2) is 13.8 Å². The number of thioether (sulfide) groups is 2. The van der Waals surface area contributed by atoms with Crippen LogP contribution in [0, 0.1) is 10.8 Å². The van der Waals surface area contributed by atoms with Crippen molar-refractivity contribution in [3.8, 4) is 0 Å². The summed E-state index contributed by atoms with van der Waals surface area (Å²) in [5, 5.41) is 14.3.